The van der Waals surface area contributed by atoms with Crippen molar-refractivity contribution in [3.05, 3.63) is 5.28 Å². The standard InChI is InChI=1S/C12H21ClN6O/c1-17(2)4-5-18-6-8-19(9-7-18)11-14-10(13)15-12(16-11)20-3/h4-9H2,1-3H3. The van der Waals surface area contributed by atoms with E-state index in [0.29, 0.717) is 5.95 Å². The Bertz CT molecular complexity index is 436. The van der Waals surface area contributed by atoms with E-state index in [9.17, 15) is 0 Å². The highest BCUT2D eigenvalue weighted by atomic mass is 35.5. The Kier molecular flexibility index (Phi) is 5.33. The van der Waals surface area contributed by atoms with Crippen LogP contribution in [0.25, 0.3) is 0 Å². The van der Waals surface area contributed by atoms with Crippen LogP contribution in [0, 0.1) is 0 Å². The summed E-state index contributed by atoms with van der Waals surface area (Å²) in [6, 6.07) is 0.259. The molecule has 1 fully saturated rings. The largest absolute Gasteiger partial charge is 0.467 e. The van der Waals surface area contributed by atoms with Gasteiger partial charge in [0, 0.05) is 39.3 Å². The van der Waals surface area contributed by atoms with Crippen LogP contribution in [0.4, 0.5) is 5.95 Å². The van der Waals surface area contributed by atoms with Crippen LogP contribution in [-0.4, -0.2) is 85.2 Å². The van der Waals surface area contributed by atoms with Crippen LogP contribution < -0.4 is 9.64 Å². The maximum Gasteiger partial charge on any atom is 0.322 e. The van der Waals surface area contributed by atoms with Crippen LogP contribution in [0.15, 0.2) is 0 Å². The molecule has 1 saturated heterocycles. The number of likely N-dealkylation sites (N-methyl/N-ethyl adjacent to an activating group) is 1. The normalized spacial score (nSPS) is 16.8. The number of aromatic nitrogens is 3. The fourth-order valence-electron chi connectivity index (χ4n) is 2.07. The summed E-state index contributed by atoms with van der Waals surface area (Å²) in [5.41, 5.74) is 0. The first-order valence-corrected chi connectivity index (χ1v) is 7.04. The van der Waals surface area contributed by atoms with Crippen LogP contribution in [0.1, 0.15) is 0 Å². The third-order valence-electron chi connectivity index (χ3n) is 3.28. The van der Waals surface area contributed by atoms with Gasteiger partial charge in [0.15, 0.2) is 0 Å². The van der Waals surface area contributed by atoms with Crippen molar-refractivity contribution >= 4 is 17.5 Å². The number of methoxy groups -OCH3 is 1. The number of rotatable bonds is 5. The van der Waals surface area contributed by atoms with Crippen molar-refractivity contribution in [2.45, 2.75) is 0 Å². The van der Waals surface area contributed by atoms with Crippen molar-refractivity contribution in [2.24, 2.45) is 0 Å². The summed E-state index contributed by atoms with van der Waals surface area (Å²) in [4.78, 5) is 19.1. The van der Waals surface area contributed by atoms with Gasteiger partial charge in [-0.2, -0.15) is 15.0 Å². The molecule has 0 atom stereocenters. The molecule has 112 valence electrons. The zero-order valence-electron chi connectivity index (χ0n) is 12.2. The first kappa shape index (κ1) is 15.2. The van der Waals surface area contributed by atoms with Crippen LogP contribution >= 0.6 is 11.6 Å². The van der Waals surface area contributed by atoms with Gasteiger partial charge in [-0.25, -0.2) is 0 Å². The predicted molar refractivity (Wildman–Crippen MR) is 78.6 cm³/mol. The van der Waals surface area contributed by atoms with Crippen molar-refractivity contribution in [2.75, 3.05) is 65.4 Å². The van der Waals surface area contributed by atoms with E-state index in [4.69, 9.17) is 16.3 Å². The lowest BCUT2D eigenvalue weighted by Gasteiger charge is -2.35. The third-order valence-corrected chi connectivity index (χ3v) is 3.45. The average Bonchev–Trinajstić information content (AvgIpc) is 2.45. The predicted octanol–water partition coefficient (Wildman–Crippen LogP) is 0.217. The van der Waals surface area contributed by atoms with Gasteiger partial charge in [-0.3, -0.25) is 4.90 Å². The Morgan fingerprint density at radius 2 is 1.85 bits per heavy atom. The van der Waals surface area contributed by atoms with E-state index in [0.717, 1.165) is 39.3 Å². The fourth-order valence-corrected chi connectivity index (χ4v) is 2.22. The molecular weight excluding hydrogens is 280 g/mol. The molecule has 8 heteroatoms. The first-order valence-electron chi connectivity index (χ1n) is 6.66. The van der Waals surface area contributed by atoms with Gasteiger partial charge in [0.05, 0.1) is 7.11 Å². The smallest absolute Gasteiger partial charge is 0.322 e. The van der Waals surface area contributed by atoms with E-state index >= 15 is 0 Å². The highest BCUT2D eigenvalue weighted by molar-refractivity contribution is 6.28. The molecule has 1 aliphatic rings. The number of nitrogens with zero attached hydrogens (tertiary/aromatic N) is 6. The maximum atomic E-state index is 5.88. The maximum absolute atomic E-state index is 5.88. The lowest BCUT2D eigenvalue weighted by atomic mass is 10.3. The third kappa shape index (κ3) is 4.16. The number of halogens is 1. The molecule has 2 rings (SSSR count). The highest BCUT2D eigenvalue weighted by Crippen LogP contribution is 2.16. The molecule has 0 spiro atoms. The molecule has 2 heterocycles. The molecule has 1 aliphatic heterocycles. The van der Waals surface area contributed by atoms with Crippen LogP contribution in [0.5, 0.6) is 6.01 Å². The van der Waals surface area contributed by atoms with Gasteiger partial charge in [0.25, 0.3) is 0 Å². The van der Waals surface area contributed by atoms with Crippen LogP contribution in [0.3, 0.4) is 0 Å². The van der Waals surface area contributed by atoms with Gasteiger partial charge in [-0.15, -0.1) is 0 Å². The van der Waals surface area contributed by atoms with Crippen molar-refractivity contribution < 1.29 is 4.74 Å². The minimum atomic E-state index is 0.168. The van der Waals surface area contributed by atoms with E-state index in [1.807, 2.05) is 0 Å². The zero-order valence-corrected chi connectivity index (χ0v) is 13.0. The van der Waals surface area contributed by atoms with Gasteiger partial charge in [0.1, 0.15) is 0 Å². The van der Waals surface area contributed by atoms with Crippen molar-refractivity contribution in [3.8, 4) is 6.01 Å². The molecule has 0 saturated carbocycles. The molecule has 0 radical (unpaired) electrons. The topological polar surface area (TPSA) is 57.6 Å². The molecule has 1 aromatic rings. The second-order valence-electron chi connectivity index (χ2n) is 5.02. The molecular formula is C12H21ClN6O. The molecule has 0 bridgehead atoms. The number of hydrogen-bond acceptors (Lipinski definition) is 7. The summed E-state index contributed by atoms with van der Waals surface area (Å²) >= 11 is 5.88. The van der Waals surface area contributed by atoms with E-state index < -0.39 is 0 Å². The fraction of sp³-hybridized carbons (Fsp3) is 0.750. The van der Waals surface area contributed by atoms with E-state index in [-0.39, 0.29) is 11.3 Å². The van der Waals surface area contributed by atoms with Gasteiger partial charge in [0.2, 0.25) is 11.2 Å². The van der Waals surface area contributed by atoms with Gasteiger partial charge < -0.3 is 14.5 Å². The molecule has 0 unspecified atom stereocenters. The van der Waals surface area contributed by atoms with E-state index in [1.54, 1.807) is 0 Å². The van der Waals surface area contributed by atoms with E-state index in [2.05, 4.69) is 43.7 Å². The Morgan fingerprint density at radius 3 is 2.45 bits per heavy atom. The zero-order chi connectivity index (χ0) is 14.5. The average molecular weight is 301 g/mol. The second-order valence-corrected chi connectivity index (χ2v) is 5.36. The Balaban J connectivity index is 1.91. The SMILES string of the molecule is COc1nc(Cl)nc(N2CCN(CCN(C)C)CC2)n1. The van der Waals surface area contributed by atoms with Crippen molar-refractivity contribution in [3.63, 3.8) is 0 Å². The Labute approximate surface area is 124 Å². The lowest BCUT2D eigenvalue weighted by Crippen LogP contribution is -2.48. The molecule has 1 aromatic heterocycles. The quantitative estimate of drug-likeness (QED) is 0.771. The van der Waals surface area contributed by atoms with Gasteiger partial charge in [-0.1, -0.05) is 0 Å². The molecule has 0 amide bonds. The monoisotopic (exact) mass is 300 g/mol. The number of hydrogen-bond donors (Lipinski definition) is 0. The molecule has 0 N–H and O–H groups in total. The molecule has 20 heavy (non-hydrogen) atoms. The minimum absolute atomic E-state index is 0.168. The summed E-state index contributed by atoms with van der Waals surface area (Å²) in [6.45, 7) is 5.93. The summed E-state index contributed by atoms with van der Waals surface area (Å²) < 4.78 is 5.02. The highest BCUT2D eigenvalue weighted by Gasteiger charge is 2.20. The molecule has 7 nitrogen and oxygen atoms in total. The van der Waals surface area contributed by atoms with Gasteiger partial charge >= 0.3 is 6.01 Å². The second kappa shape index (κ2) is 7.01. The summed E-state index contributed by atoms with van der Waals surface area (Å²) in [5.74, 6) is 0.592. The van der Waals surface area contributed by atoms with Crippen molar-refractivity contribution in [1.82, 2.24) is 24.8 Å². The van der Waals surface area contributed by atoms with Crippen molar-refractivity contribution in [1.29, 1.82) is 0 Å². The van der Waals surface area contributed by atoms with E-state index in [1.165, 1.54) is 7.11 Å². The Hall–Kier alpha value is -1.18. The van der Waals surface area contributed by atoms with Gasteiger partial charge in [-0.05, 0) is 25.7 Å². The number of ether oxygens (including phenoxy) is 1. The summed E-state index contributed by atoms with van der Waals surface area (Å²) in [6.07, 6.45) is 0. The van der Waals surface area contributed by atoms with Crippen LogP contribution in [0.2, 0.25) is 5.28 Å². The molecule has 0 aromatic carbocycles. The number of piperazine rings is 1. The van der Waals surface area contributed by atoms with Crippen LogP contribution in [-0.2, 0) is 0 Å². The summed E-state index contributed by atoms with van der Waals surface area (Å²) in [7, 11) is 5.71. The number of anilines is 1. The minimum Gasteiger partial charge on any atom is -0.467 e. The lowest BCUT2D eigenvalue weighted by molar-refractivity contribution is 0.228. The molecule has 0 aliphatic carbocycles. The Morgan fingerprint density at radius 1 is 1.15 bits per heavy atom. The summed E-state index contributed by atoms with van der Waals surface area (Å²) in [5, 5.41) is 0.168. The first-order chi connectivity index (χ1) is 9.58.